The maximum Gasteiger partial charge on any atom is 0.416 e. The van der Waals surface area contributed by atoms with Gasteiger partial charge < -0.3 is 34.3 Å². The molecule has 1 unspecified atom stereocenters. The predicted octanol–water partition coefficient (Wildman–Crippen LogP) is 8.17. The smallest absolute Gasteiger partial charge is 0.416 e. The molecule has 4 heterocycles. The summed E-state index contributed by atoms with van der Waals surface area (Å²) in [4.78, 5) is 50.8. The number of nitrogens with one attached hydrogen (secondary N) is 3. The number of carbonyl (C=O) groups is 2. The van der Waals surface area contributed by atoms with Gasteiger partial charge in [-0.3, -0.25) is 24.6 Å². The normalized spacial score (nSPS) is 17.9. The van der Waals surface area contributed by atoms with E-state index in [1.165, 1.54) is 43.1 Å². The molecule has 0 saturated carbocycles. The Morgan fingerprint density at radius 3 is 2.55 bits per heavy atom. The van der Waals surface area contributed by atoms with E-state index in [4.69, 9.17) is 14.2 Å². The second-order valence-electron chi connectivity index (χ2n) is 18.9. The summed E-state index contributed by atoms with van der Waals surface area (Å²) < 4.78 is 87.4. The molecule has 3 N–H and O–H groups in total. The van der Waals surface area contributed by atoms with Gasteiger partial charge in [-0.1, -0.05) is 25.5 Å². The summed E-state index contributed by atoms with van der Waals surface area (Å²) in [6.45, 7) is 10.6. The van der Waals surface area contributed by atoms with Gasteiger partial charge in [0.05, 0.1) is 39.9 Å². The monoisotopic (exact) mass is 1000 g/mol. The zero-order chi connectivity index (χ0) is 50.7. The Labute approximate surface area is 409 Å². The highest BCUT2D eigenvalue weighted by Crippen LogP contribution is 2.45. The number of anilines is 2. The minimum Gasteiger partial charge on any atom is -0.455 e. The van der Waals surface area contributed by atoms with E-state index in [1.807, 2.05) is 0 Å². The number of rotatable bonds is 16. The summed E-state index contributed by atoms with van der Waals surface area (Å²) in [5, 5.41) is 15.9. The molecule has 2 amide bonds. The van der Waals surface area contributed by atoms with Gasteiger partial charge in [-0.05, 0) is 103 Å². The largest absolute Gasteiger partial charge is 0.455 e. The number of nitrogens with zero attached hydrogens (tertiary/aromatic N) is 5. The van der Waals surface area contributed by atoms with E-state index in [0.717, 1.165) is 47.9 Å². The van der Waals surface area contributed by atoms with Crippen molar-refractivity contribution in [3.05, 3.63) is 117 Å². The van der Waals surface area contributed by atoms with Gasteiger partial charge >= 0.3 is 6.18 Å². The summed E-state index contributed by atoms with van der Waals surface area (Å²) >= 11 is 0. The third-order valence-corrected chi connectivity index (χ3v) is 14.6. The average Bonchev–Trinajstić information content (AvgIpc) is 3.80. The highest BCUT2D eigenvalue weighted by molar-refractivity contribution is 7.90. The third-order valence-electron chi connectivity index (χ3n) is 13.3. The summed E-state index contributed by atoms with van der Waals surface area (Å²) in [6.07, 6.45) is 1.39. The Bertz CT molecular complexity index is 2950. The number of piperazine rings is 1. The summed E-state index contributed by atoms with van der Waals surface area (Å²) in [5.74, 6) is -0.884. The number of hydrogen-bond acceptors (Lipinski definition) is 13. The molecule has 2 fully saturated rings. The van der Waals surface area contributed by atoms with Crippen LogP contribution in [0.3, 0.4) is 0 Å². The SMILES string of the molecule is COCC(=O)N1CCOC(CCNc2ccc(S(=O)(=O)NC(=O)c3ccc(N4CCN(CC5=C(c6ccc(C(F)(F)F)cc6C)CC(C)(C)CC5)CC4)cc3Oc3cnc4[nH]ccc4c3)cc2[N+](=O)[O-])C1. The van der Waals surface area contributed by atoms with Crippen LogP contribution in [0.5, 0.6) is 11.5 Å². The number of H-pyrrole nitrogens is 1. The van der Waals surface area contributed by atoms with Crippen LogP contribution in [0.15, 0.2) is 89.6 Å². The van der Waals surface area contributed by atoms with Crippen molar-refractivity contribution in [2.75, 3.05) is 82.9 Å². The molecule has 17 nitrogen and oxygen atoms in total. The molecule has 1 atom stereocenters. The van der Waals surface area contributed by atoms with Gasteiger partial charge in [0.2, 0.25) is 5.91 Å². The number of nitro benzene ring substituents is 1. The molecule has 2 saturated heterocycles. The van der Waals surface area contributed by atoms with Gasteiger partial charge in [0, 0.05) is 88.9 Å². The van der Waals surface area contributed by atoms with E-state index in [-0.39, 0.29) is 53.3 Å². The number of ether oxygens (including phenoxy) is 3. The highest BCUT2D eigenvalue weighted by Gasteiger charge is 2.34. The van der Waals surface area contributed by atoms with Gasteiger partial charge in [-0.25, -0.2) is 18.1 Å². The Hall–Kier alpha value is -6.55. The van der Waals surface area contributed by atoms with Gasteiger partial charge in [0.1, 0.15) is 29.4 Å². The predicted molar refractivity (Wildman–Crippen MR) is 261 cm³/mol. The standard InChI is InChI=1S/C50H57F3N8O9S/c1-32-23-35(50(51,52)53)5-8-40(32)42-27-49(2,3)14-11-34(42)29-58-17-19-59(20-18-58)36-6-9-41(45(25-36)70-38-24-33-12-15-55-47(33)56-28-38)48(63)57-71(66,67)39-7-10-43(44(26-39)61(64)65)54-16-13-37-30-60(21-22-69-37)46(62)31-68-4/h5-10,12,15,23-26,28,37,54H,11,13-14,16-22,27,29-31H2,1-4H3,(H,55,56)(H,57,63). The first-order valence-corrected chi connectivity index (χ1v) is 24.8. The number of aromatic amines is 1. The van der Waals surface area contributed by atoms with Crippen molar-refractivity contribution in [3.8, 4) is 11.5 Å². The number of halogens is 3. The van der Waals surface area contributed by atoms with E-state index >= 15 is 0 Å². The molecule has 5 aromatic rings. The van der Waals surface area contributed by atoms with Crippen LogP contribution in [0, 0.1) is 22.5 Å². The molecule has 0 bridgehead atoms. The molecule has 71 heavy (non-hydrogen) atoms. The van der Waals surface area contributed by atoms with E-state index in [2.05, 4.69) is 43.7 Å². The Kier molecular flexibility index (Phi) is 15.1. The van der Waals surface area contributed by atoms with Gasteiger partial charge in [0.25, 0.3) is 21.6 Å². The molecular formula is C50H57F3N8O9S. The van der Waals surface area contributed by atoms with Gasteiger partial charge in [-0.15, -0.1) is 0 Å². The second kappa shape index (κ2) is 21.0. The first kappa shape index (κ1) is 50.8. The zero-order valence-electron chi connectivity index (χ0n) is 39.9. The molecule has 2 aliphatic heterocycles. The van der Waals surface area contributed by atoms with Crippen molar-refractivity contribution < 1.29 is 50.3 Å². The molecule has 1 aliphatic carbocycles. The molecule has 2 aromatic heterocycles. The number of aromatic nitrogens is 2. The van der Waals surface area contributed by atoms with Gasteiger partial charge in [0.15, 0.2) is 0 Å². The van der Waals surface area contributed by atoms with Crippen molar-refractivity contribution in [1.29, 1.82) is 0 Å². The zero-order valence-corrected chi connectivity index (χ0v) is 40.8. The number of allylic oxidation sites excluding steroid dienone is 1. The van der Waals surface area contributed by atoms with Crippen LogP contribution in [-0.4, -0.2) is 124 Å². The number of amides is 2. The molecule has 0 spiro atoms. The molecule has 3 aliphatic rings. The number of sulfonamides is 1. The minimum absolute atomic E-state index is 0.00139. The number of pyridine rings is 1. The first-order valence-electron chi connectivity index (χ1n) is 23.4. The van der Waals surface area contributed by atoms with Crippen LogP contribution < -0.4 is 19.7 Å². The van der Waals surface area contributed by atoms with Crippen molar-refractivity contribution in [2.45, 2.75) is 63.6 Å². The lowest BCUT2D eigenvalue weighted by Crippen LogP contribution is -2.47. The number of morpholine rings is 1. The van der Waals surface area contributed by atoms with Gasteiger partial charge in [-0.2, -0.15) is 13.2 Å². The van der Waals surface area contributed by atoms with Crippen LogP contribution in [-0.2, 0) is 30.5 Å². The van der Waals surface area contributed by atoms with E-state index < -0.39 is 43.2 Å². The number of benzene rings is 3. The van der Waals surface area contributed by atoms with E-state index in [0.29, 0.717) is 75.7 Å². The summed E-state index contributed by atoms with van der Waals surface area (Å²) in [7, 11) is -3.24. The molecule has 3 aromatic carbocycles. The fourth-order valence-corrected chi connectivity index (χ4v) is 10.4. The van der Waals surface area contributed by atoms with Crippen LogP contribution in [0.25, 0.3) is 16.6 Å². The second-order valence-corrected chi connectivity index (χ2v) is 20.6. The number of methoxy groups -OCH3 is 1. The molecular weight excluding hydrogens is 946 g/mol. The quantitative estimate of drug-likeness (QED) is 0.0632. The Morgan fingerprint density at radius 1 is 1.03 bits per heavy atom. The lowest BCUT2D eigenvalue weighted by molar-refractivity contribution is -0.384. The fourth-order valence-electron chi connectivity index (χ4n) is 9.41. The van der Waals surface area contributed by atoms with Crippen LogP contribution >= 0.6 is 0 Å². The third kappa shape index (κ3) is 12.1. The summed E-state index contributed by atoms with van der Waals surface area (Å²) in [5.41, 5.74) is 3.84. The van der Waals surface area contributed by atoms with Crippen molar-refractivity contribution in [2.24, 2.45) is 5.41 Å². The molecule has 0 radical (unpaired) electrons. The van der Waals surface area contributed by atoms with E-state index in [1.54, 1.807) is 48.4 Å². The molecule has 378 valence electrons. The number of hydrogen-bond donors (Lipinski definition) is 3. The van der Waals surface area contributed by atoms with Crippen molar-refractivity contribution in [3.63, 3.8) is 0 Å². The maximum absolute atomic E-state index is 14.0. The molecule has 8 rings (SSSR count). The lowest BCUT2D eigenvalue weighted by atomic mass is 9.72. The highest BCUT2D eigenvalue weighted by atomic mass is 32.2. The maximum atomic E-state index is 14.0. The number of aryl methyl sites for hydroxylation is 1. The number of carbonyl (C=O) groups excluding carboxylic acids is 2. The number of nitro groups is 1. The minimum atomic E-state index is -4.67. The fraction of sp³-hybridized carbons (Fsp3) is 0.420. The number of fused-ring (bicyclic) bond motifs is 1. The Morgan fingerprint density at radius 2 is 1.82 bits per heavy atom. The summed E-state index contributed by atoms with van der Waals surface area (Å²) in [6, 6.07) is 15.7. The van der Waals surface area contributed by atoms with E-state index in [9.17, 15) is 41.3 Å². The van der Waals surface area contributed by atoms with Crippen LogP contribution in [0.1, 0.15) is 66.6 Å². The number of alkyl halides is 3. The van der Waals surface area contributed by atoms with Crippen LogP contribution in [0.2, 0.25) is 0 Å². The van der Waals surface area contributed by atoms with Crippen molar-refractivity contribution in [1.82, 2.24) is 24.5 Å². The lowest BCUT2D eigenvalue weighted by Gasteiger charge is -2.39. The molecule has 21 heteroatoms. The topological polar surface area (TPSA) is 202 Å². The van der Waals surface area contributed by atoms with Crippen LogP contribution in [0.4, 0.5) is 30.2 Å². The average molecular weight is 1000 g/mol. The Balaban J connectivity index is 0.974. The van der Waals surface area contributed by atoms with Crippen molar-refractivity contribution >= 4 is 55.5 Å². The first-order chi connectivity index (χ1) is 33.8.